The number of ether oxygens (including phenoxy) is 1. The normalized spacial score (nSPS) is 13.8. The molecule has 0 bridgehead atoms. The van der Waals surface area contributed by atoms with Crippen LogP contribution < -0.4 is 5.73 Å². The van der Waals surface area contributed by atoms with Gasteiger partial charge in [0.15, 0.2) is 6.10 Å². The molecule has 0 saturated heterocycles. The first-order valence-corrected chi connectivity index (χ1v) is 5.27. The molecule has 1 aromatic rings. The van der Waals surface area contributed by atoms with E-state index in [4.69, 9.17) is 5.73 Å². The average molecular weight is 237 g/mol. The second-order valence-corrected chi connectivity index (χ2v) is 3.49. The van der Waals surface area contributed by atoms with Gasteiger partial charge in [-0.3, -0.25) is 4.79 Å². The summed E-state index contributed by atoms with van der Waals surface area (Å²) in [7, 11) is 0. The SMILES string of the molecule is CCOC(=O)[C@H](O)[C@H](C(N)=O)c1ccccc1. The number of carbonyl (C=O) groups is 2. The summed E-state index contributed by atoms with van der Waals surface area (Å²) in [6.45, 7) is 1.75. The van der Waals surface area contributed by atoms with Gasteiger partial charge in [-0.15, -0.1) is 0 Å². The maximum atomic E-state index is 11.4. The average Bonchev–Trinajstić information content (AvgIpc) is 2.30. The summed E-state index contributed by atoms with van der Waals surface area (Å²) in [6, 6.07) is 8.40. The molecule has 0 aliphatic carbocycles. The molecular weight excluding hydrogens is 222 g/mol. The van der Waals surface area contributed by atoms with Crippen LogP contribution in [0.3, 0.4) is 0 Å². The number of amides is 1. The zero-order valence-electron chi connectivity index (χ0n) is 9.50. The maximum absolute atomic E-state index is 11.4. The molecule has 5 nitrogen and oxygen atoms in total. The minimum Gasteiger partial charge on any atom is -0.464 e. The lowest BCUT2D eigenvalue weighted by Crippen LogP contribution is -2.37. The Bertz CT molecular complexity index is 391. The summed E-state index contributed by atoms with van der Waals surface area (Å²) in [5, 5.41) is 9.76. The Balaban J connectivity index is 2.94. The number of esters is 1. The highest BCUT2D eigenvalue weighted by molar-refractivity contribution is 5.89. The molecule has 1 rings (SSSR count). The first-order valence-electron chi connectivity index (χ1n) is 5.27. The molecule has 2 atom stereocenters. The predicted octanol–water partition coefficient (Wildman–Crippen LogP) is 0.179. The molecule has 0 heterocycles. The summed E-state index contributed by atoms with van der Waals surface area (Å²) < 4.78 is 4.66. The summed E-state index contributed by atoms with van der Waals surface area (Å²) in [5.74, 6) is -2.70. The van der Waals surface area contributed by atoms with Crippen LogP contribution in [-0.4, -0.2) is 29.7 Å². The van der Waals surface area contributed by atoms with Gasteiger partial charge in [-0.05, 0) is 12.5 Å². The van der Waals surface area contributed by atoms with Crippen molar-refractivity contribution in [1.82, 2.24) is 0 Å². The number of rotatable bonds is 5. The Morgan fingerprint density at radius 1 is 1.35 bits per heavy atom. The molecule has 0 aliphatic rings. The number of hydrogen-bond acceptors (Lipinski definition) is 4. The fraction of sp³-hybridized carbons (Fsp3) is 0.333. The van der Waals surface area contributed by atoms with E-state index < -0.39 is 23.9 Å². The lowest BCUT2D eigenvalue weighted by Gasteiger charge is -2.18. The van der Waals surface area contributed by atoms with E-state index in [9.17, 15) is 14.7 Å². The summed E-state index contributed by atoms with van der Waals surface area (Å²) >= 11 is 0. The van der Waals surface area contributed by atoms with Crippen molar-refractivity contribution < 1.29 is 19.4 Å². The lowest BCUT2D eigenvalue weighted by atomic mass is 9.93. The fourth-order valence-electron chi connectivity index (χ4n) is 1.53. The largest absolute Gasteiger partial charge is 0.464 e. The number of benzene rings is 1. The Morgan fingerprint density at radius 3 is 2.41 bits per heavy atom. The van der Waals surface area contributed by atoms with E-state index in [1.165, 1.54) is 0 Å². The summed E-state index contributed by atoms with van der Waals surface area (Å²) in [5.41, 5.74) is 5.68. The molecule has 0 radical (unpaired) electrons. The number of aliphatic hydroxyl groups is 1. The molecular formula is C12H15NO4. The Labute approximate surface area is 99.2 Å². The van der Waals surface area contributed by atoms with E-state index in [1.54, 1.807) is 37.3 Å². The van der Waals surface area contributed by atoms with Crippen LogP contribution in [0, 0.1) is 0 Å². The minimum absolute atomic E-state index is 0.135. The van der Waals surface area contributed by atoms with Gasteiger partial charge < -0.3 is 15.6 Å². The Hall–Kier alpha value is -1.88. The van der Waals surface area contributed by atoms with E-state index in [0.29, 0.717) is 5.56 Å². The van der Waals surface area contributed by atoms with E-state index in [1.807, 2.05) is 0 Å². The molecule has 0 unspecified atom stereocenters. The maximum Gasteiger partial charge on any atom is 0.336 e. The number of nitrogens with two attached hydrogens (primary N) is 1. The van der Waals surface area contributed by atoms with E-state index in [-0.39, 0.29) is 6.61 Å². The van der Waals surface area contributed by atoms with Gasteiger partial charge in [-0.2, -0.15) is 0 Å². The topological polar surface area (TPSA) is 89.6 Å². The second-order valence-electron chi connectivity index (χ2n) is 3.49. The van der Waals surface area contributed by atoms with Crippen LogP contribution in [0.25, 0.3) is 0 Å². The van der Waals surface area contributed by atoms with Crippen LogP contribution in [-0.2, 0) is 14.3 Å². The molecule has 5 heteroatoms. The molecule has 0 aromatic heterocycles. The van der Waals surface area contributed by atoms with Crippen LogP contribution in [0.1, 0.15) is 18.4 Å². The van der Waals surface area contributed by atoms with Gasteiger partial charge in [0.05, 0.1) is 12.5 Å². The fourth-order valence-corrected chi connectivity index (χ4v) is 1.53. The van der Waals surface area contributed by atoms with Crippen molar-refractivity contribution in [3.8, 4) is 0 Å². The Morgan fingerprint density at radius 2 is 1.94 bits per heavy atom. The van der Waals surface area contributed by atoms with Crippen molar-refractivity contribution in [3.05, 3.63) is 35.9 Å². The van der Waals surface area contributed by atoms with E-state index >= 15 is 0 Å². The second kappa shape index (κ2) is 6.00. The highest BCUT2D eigenvalue weighted by Crippen LogP contribution is 2.20. The number of aliphatic hydroxyl groups excluding tert-OH is 1. The zero-order valence-corrected chi connectivity index (χ0v) is 9.50. The van der Waals surface area contributed by atoms with Crippen molar-refractivity contribution in [2.45, 2.75) is 18.9 Å². The predicted molar refractivity (Wildman–Crippen MR) is 61.0 cm³/mol. The van der Waals surface area contributed by atoms with Crippen molar-refractivity contribution >= 4 is 11.9 Å². The number of primary amides is 1. The molecule has 17 heavy (non-hydrogen) atoms. The van der Waals surface area contributed by atoms with E-state index in [2.05, 4.69) is 4.74 Å². The zero-order chi connectivity index (χ0) is 12.8. The molecule has 1 aromatic carbocycles. The number of carbonyl (C=O) groups excluding carboxylic acids is 2. The van der Waals surface area contributed by atoms with Gasteiger partial charge in [-0.1, -0.05) is 30.3 Å². The van der Waals surface area contributed by atoms with Crippen molar-refractivity contribution in [2.75, 3.05) is 6.61 Å². The molecule has 1 amide bonds. The van der Waals surface area contributed by atoms with Gasteiger partial charge in [0.2, 0.25) is 5.91 Å². The van der Waals surface area contributed by atoms with Crippen LogP contribution in [0.2, 0.25) is 0 Å². The van der Waals surface area contributed by atoms with Crippen LogP contribution in [0.5, 0.6) is 0 Å². The van der Waals surface area contributed by atoms with Crippen molar-refractivity contribution in [2.24, 2.45) is 5.73 Å². The summed E-state index contributed by atoms with van der Waals surface area (Å²) in [6.07, 6.45) is -1.57. The first kappa shape index (κ1) is 13.2. The standard InChI is InChI=1S/C12H15NO4/c1-2-17-12(16)10(14)9(11(13)15)8-6-4-3-5-7-8/h3-7,9-10,14H,2H2,1H3,(H2,13,15)/t9-,10-/m1/s1. The third-order valence-corrected chi connectivity index (χ3v) is 2.31. The van der Waals surface area contributed by atoms with Gasteiger partial charge in [-0.25, -0.2) is 4.79 Å². The number of hydrogen-bond donors (Lipinski definition) is 2. The quantitative estimate of drug-likeness (QED) is 0.715. The molecule has 0 aliphatic heterocycles. The monoisotopic (exact) mass is 237 g/mol. The Kier molecular flexibility index (Phi) is 4.66. The third-order valence-electron chi connectivity index (χ3n) is 2.31. The van der Waals surface area contributed by atoms with Crippen LogP contribution >= 0.6 is 0 Å². The molecule has 0 fully saturated rings. The highest BCUT2D eigenvalue weighted by Gasteiger charge is 2.32. The minimum atomic E-state index is -1.57. The highest BCUT2D eigenvalue weighted by atomic mass is 16.5. The van der Waals surface area contributed by atoms with Gasteiger partial charge in [0, 0.05) is 0 Å². The van der Waals surface area contributed by atoms with Crippen molar-refractivity contribution in [3.63, 3.8) is 0 Å². The van der Waals surface area contributed by atoms with Gasteiger partial charge >= 0.3 is 5.97 Å². The molecule has 0 spiro atoms. The smallest absolute Gasteiger partial charge is 0.336 e. The molecule has 3 N–H and O–H groups in total. The third kappa shape index (κ3) is 3.29. The van der Waals surface area contributed by atoms with Crippen molar-refractivity contribution in [1.29, 1.82) is 0 Å². The molecule has 0 saturated carbocycles. The molecule has 92 valence electrons. The van der Waals surface area contributed by atoms with Gasteiger partial charge in [0.1, 0.15) is 0 Å². The van der Waals surface area contributed by atoms with Gasteiger partial charge in [0.25, 0.3) is 0 Å². The first-order chi connectivity index (χ1) is 8.07. The van der Waals surface area contributed by atoms with Crippen LogP contribution in [0.4, 0.5) is 0 Å². The lowest BCUT2D eigenvalue weighted by molar-refractivity contribution is -0.156. The summed E-state index contributed by atoms with van der Waals surface area (Å²) in [4.78, 5) is 22.7. The van der Waals surface area contributed by atoms with E-state index in [0.717, 1.165) is 0 Å². The van der Waals surface area contributed by atoms with Crippen LogP contribution in [0.15, 0.2) is 30.3 Å².